The molecule has 118 valence electrons. The standard InChI is InChI=1S/C18H16BrNO3/c1-13-5-7-14(8-6-13)9-10-18(22)23-12-17(21)20-16-4-2-3-15(19)11-16/h2-11H,12H2,1H3,(H,20,21)/b10-9+. The Labute approximate surface area is 143 Å². The maximum Gasteiger partial charge on any atom is 0.331 e. The van der Waals surface area contributed by atoms with E-state index in [0.29, 0.717) is 5.69 Å². The molecule has 0 fully saturated rings. The molecule has 5 heteroatoms. The zero-order valence-electron chi connectivity index (χ0n) is 12.6. The van der Waals surface area contributed by atoms with Gasteiger partial charge in [0.1, 0.15) is 0 Å². The van der Waals surface area contributed by atoms with Crippen molar-refractivity contribution in [3.05, 3.63) is 70.2 Å². The van der Waals surface area contributed by atoms with Crippen molar-refractivity contribution in [2.24, 2.45) is 0 Å². The van der Waals surface area contributed by atoms with Gasteiger partial charge in [-0.05, 0) is 36.8 Å². The number of carbonyl (C=O) groups is 2. The van der Waals surface area contributed by atoms with Crippen molar-refractivity contribution < 1.29 is 14.3 Å². The molecule has 0 spiro atoms. The predicted octanol–water partition coefficient (Wildman–Crippen LogP) is 3.95. The number of amides is 1. The van der Waals surface area contributed by atoms with Crippen molar-refractivity contribution in [3.63, 3.8) is 0 Å². The second-order valence-electron chi connectivity index (χ2n) is 4.91. The van der Waals surface area contributed by atoms with Crippen LogP contribution in [-0.2, 0) is 14.3 Å². The van der Waals surface area contributed by atoms with Crippen molar-refractivity contribution in [2.45, 2.75) is 6.92 Å². The third-order valence-electron chi connectivity index (χ3n) is 2.94. The van der Waals surface area contributed by atoms with Gasteiger partial charge in [0, 0.05) is 16.2 Å². The molecule has 23 heavy (non-hydrogen) atoms. The van der Waals surface area contributed by atoms with Gasteiger partial charge in [-0.3, -0.25) is 4.79 Å². The summed E-state index contributed by atoms with van der Waals surface area (Å²) in [5, 5.41) is 2.65. The summed E-state index contributed by atoms with van der Waals surface area (Å²) in [4.78, 5) is 23.3. The highest BCUT2D eigenvalue weighted by atomic mass is 79.9. The summed E-state index contributed by atoms with van der Waals surface area (Å²) in [6.07, 6.45) is 2.95. The van der Waals surface area contributed by atoms with Crippen molar-refractivity contribution in [1.29, 1.82) is 0 Å². The molecule has 0 aromatic heterocycles. The average molecular weight is 374 g/mol. The number of hydrogen-bond donors (Lipinski definition) is 1. The van der Waals surface area contributed by atoms with Gasteiger partial charge < -0.3 is 10.1 Å². The van der Waals surface area contributed by atoms with E-state index in [9.17, 15) is 9.59 Å². The lowest BCUT2D eigenvalue weighted by Gasteiger charge is -2.05. The number of anilines is 1. The second-order valence-corrected chi connectivity index (χ2v) is 5.83. The smallest absolute Gasteiger partial charge is 0.331 e. The first kappa shape index (κ1) is 17.0. The van der Waals surface area contributed by atoms with E-state index in [1.165, 1.54) is 6.08 Å². The van der Waals surface area contributed by atoms with Crippen LogP contribution in [0, 0.1) is 6.92 Å². The van der Waals surface area contributed by atoms with E-state index >= 15 is 0 Å². The lowest BCUT2D eigenvalue weighted by molar-refractivity contribution is -0.142. The van der Waals surface area contributed by atoms with Crippen LogP contribution >= 0.6 is 15.9 Å². The minimum absolute atomic E-state index is 0.330. The molecule has 0 unspecified atom stereocenters. The number of halogens is 1. The molecule has 2 aromatic carbocycles. The number of ether oxygens (including phenoxy) is 1. The molecule has 1 N–H and O–H groups in total. The Balaban J connectivity index is 1.79. The summed E-state index contributed by atoms with van der Waals surface area (Å²) in [7, 11) is 0. The van der Waals surface area contributed by atoms with Crippen LogP contribution in [0.1, 0.15) is 11.1 Å². The molecule has 2 aromatic rings. The van der Waals surface area contributed by atoms with Crippen LogP contribution in [0.4, 0.5) is 5.69 Å². The van der Waals surface area contributed by atoms with Crippen LogP contribution < -0.4 is 5.32 Å². The molecule has 2 rings (SSSR count). The Bertz CT molecular complexity index is 723. The zero-order chi connectivity index (χ0) is 16.7. The van der Waals surface area contributed by atoms with Crippen LogP contribution in [0.2, 0.25) is 0 Å². The molecule has 0 aliphatic rings. The van der Waals surface area contributed by atoms with E-state index in [2.05, 4.69) is 21.2 Å². The lowest BCUT2D eigenvalue weighted by atomic mass is 10.1. The van der Waals surface area contributed by atoms with Crippen LogP contribution in [0.25, 0.3) is 6.08 Å². The van der Waals surface area contributed by atoms with Gasteiger partial charge in [-0.1, -0.05) is 51.8 Å². The zero-order valence-corrected chi connectivity index (χ0v) is 14.2. The Morgan fingerprint density at radius 3 is 2.61 bits per heavy atom. The highest BCUT2D eigenvalue weighted by Crippen LogP contribution is 2.15. The number of benzene rings is 2. The van der Waals surface area contributed by atoms with Crippen molar-refractivity contribution in [2.75, 3.05) is 11.9 Å². The predicted molar refractivity (Wildman–Crippen MR) is 93.9 cm³/mol. The molecule has 4 nitrogen and oxygen atoms in total. The van der Waals surface area contributed by atoms with E-state index in [0.717, 1.165) is 15.6 Å². The molecule has 0 aliphatic heterocycles. The summed E-state index contributed by atoms with van der Waals surface area (Å²) >= 11 is 3.32. The number of hydrogen-bond acceptors (Lipinski definition) is 3. The normalized spacial score (nSPS) is 10.5. The molecule has 0 atom stereocenters. The van der Waals surface area contributed by atoms with Gasteiger partial charge in [0.15, 0.2) is 6.61 Å². The maximum absolute atomic E-state index is 11.7. The van der Waals surface area contributed by atoms with Gasteiger partial charge >= 0.3 is 5.97 Å². The fourth-order valence-corrected chi connectivity index (χ4v) is 2.19. The minimum atomic E-state index is -0.560. The third kappa shape index (κ3) is 6.08. The van der Waals surface area contributed by atoms with E-state index in [4.69, 9.17) is 4.74 Å². The molecule has 0 saturated carbocycles. The Morgan fingerprint density at radius 1 is 1.17 bits per heavy atom. The van der Waals surface area contributed by atoms with E-state index in [-0.39, 0.29) is 12.5 Å². The highest BCUT2D eigenvalue weighted by molar-refractivity contribution is 9.10. The fourth-order valence-electron chi connectivity index (χ4n) is 1.79. The van der Waals surface area contributed by atoms with Gasteiger partial charge in [0.2, 0.25) is 0 Å². The van der Waals surface area contributed by atoms with Crippen molar-refractivity contribution in [1.82, 2.24) is 0 Å². The van der Waals surface area contributed by atoms with Crippen LogP contribution in [0.15, 0.2) is 59.1 Å². The lowest BCUT2D eigenvalue weighted by Crippen LogP contribution is -2.20. The number of carbonyl (C=O) groups excluding carboxylic acids is 2. The second kappa shape index (κ2) is 8.29. The van der Waals surface area contributed by atoms with Gasteiger partial charge in [0.05, 0.1) is 0 Å². The monoisotopic (exact) mass is 373 g/mol. The first-order chi connectivity index (χ1) is 11.0. The Morgan fingerprint density at radius 2 is 1.91 bits per heavy atom. The molecular formula is C18H16BrNO3. The summed E-state index contributed by atoms with van der Waals surface area (Å²) in [6.45, 7) is 1.66. The number of esters is 1. The molecule has 0 saturated heterocycles. The van der Waals surface area contributed by atoms with Gasteiger partial charge in [-0.25, -0.2) is 4.79 Å². The quantitative estimate of drug-likeness (QED) is 0.637. The van der Waals surface area contributed by atoms with E-state index in [1.807, 2.05) is 37.3 Å². The van der Waals surface area contributed by atoms with Gasteiger partial charge in [-0.15, -0.1) is 0 Å². The number of nitrogens with one attached hydrogen (secondary N) is 1. The topological polar surface area (TPSA) is 55.4 Å². The first-order valence-electron chi connectivity index (χ1n) is 7.00. The molecule has 0 bridgehead atoms. The maximum atomic E-state index is 11.7. The van der Waals surface area contributed by atoms with Crippen molar-refractivity contribution >= 4 is 39.6 Å². The van der Waals surface area contributed by atoms with Crippen LogP contribution in [0.5, 0.6) is 0 Å². The molecule has 0 aliphatic carbocycles. The molecule has 0 radical (unpaired) electrons. The number of aryl methyl sites for hydroxylation is 1. The summed E-state index contributed by atoms with van der Waals surface area (Å²) in [5.41, 5.74) is 2.68. The van der Waals surface area contributed by atoms with Crippen LogP contribution in [0.3, 0.4) is 0 Å². The Kier molecular flexibility index (Phi) is 6.11. The number of rotatable bonds is 5. The van der Waals surface area contributed by atoms with E-state index in [1.54, 1.807) is 24.3 Å². The van der Waals surface area contributed by atoms with Crippen molar-refractivity contribution in [3.8, 4) is 0 Å². The fraction of sp³-hybridized carbons (Fsp3) is 0.111. The summed E-state index contributed by atoms with van der Waals surface area (Å²) in [5.74, 6) is -0.949. The largest absolute Gasteiger partial charge is 0.452 e. The van der Waals surface area contributed by atoms with Gasteiger partial charge in [0.25, 0.3) is 5.91 Å². The summed E-state index contributed by atoms with van der Waals surface area (Å²) in [6, 6.07) is 14.9. The minimum Gasteiger partial charge on any atom is -0.452 e. The molecular weight excluding hydrogens is 358 g/mol. The summed E-state index contributed by atoms with van der Waals surface area (Å²) < 4.78 is 5.76. The molecule has 1 amide bonds. The SMILES string of the molecule is Cc1ccc(/C=C/C(=O)OCC(=O)Nc2cccc(Br)c2)cc1. The highest BCUT2D eigenvalue weighted by Gasteiger charge is 2.05. The Hall–Kier alpha value is -2.40. The van der Waals surface area contributed by atoms with Crippen LogP contribution in [-0.4, -0.2) is 18.5 Å². The first-order valence-corrected chi connectivity index (χ1v) is 7.79. The third-order valence-corrected chi connectivity index (χ3v) is 3.44. The van der Waals surface area contributed by atoms with E-state index < -0.39 is 5.97 Å². The molecule has 0 heterocycles. The average Bonchev–Trinajstić information content (AvgIpc) is 2.52. The van der Waals surface area contributed by atoms with Gasteiger partial charge in [-0.2, -0.15) is 0 Å².